The van der Waals surface area contributed by atoms with E-state index < -0.39 is 0 Å². The van der Waals surface area contributed by atoms with Gasteiger partial charge in [-0.1, -0.05) is 23.7 Å². The van der Waals surface area contributed by atoms with Crippen molar-refractivity contribution >= 4 is 23.4 Å². The lowest BCUT2D eigenvalue weighted by molar-refractivity contribution is -0.124. The standard InChI is InChI=1S/C22H24ClN7O2/c1-14-3-4-19(20(23)7-14)16-8-17(10-18(9-16)30-13-25-27-28-30)22(32)26-15(2)11-29-6-5-24-21(31)12-29/h3-4,7-10,13,15H,5-6,11-12H2,1-2H3,(H,24,31)(H,26,32)/t15-/m1/s1. The predicted molar refractivity (Wildman–Crippen MR) is 121 cm³/mol. The second kappa shape index (κ2) is 9.46. The largest absolute Gasteiger partial charge is 0.354 e. The Morgan fingerprint density at radius 2 is 2.12 bits per heavy atom. The van der Waals surface area contributed by atoms with Crippen LogP contribution in [0.3, 0.4) is 0 Å². The Balaban J connectivity index is 1.60. The second-order valence-corrected chi connectivity index (χ2v) is 8.37. The van der Waals surface area contributed by atoms with Gasteiger partial charge < -0.3 is 10.6 Å². The van der Waals surface area contributed by atoms with E-state index in [1.165, 1.54) is 11.0 Å². The van der Waals surface area contributed by atoms with E-state index in [0.29, 0.717) is 35.9 Å². The zero-order valence-electron chi connectivity index (χ0n) is 17.9. The van der Waals surface area contributed by atoms with Crippen LogP contribution in [0.1, 0.15) is 22.8 Å². The van der Waals surface area contributed by atoms with Crippen LogP contribution in [0.25, 0.3) is 16.8 Å². The maximum absolute atomic E-state index is 13.1. The smallest absolute Gasteiger partial charge is 0.251 e. The quantitative estimate of drug-likeness (QED) is 0.590. The van der Waals surface area contributed by atoms with E-state index in [9.17, 15) is 9.59 Å². The summed E-state index contributed by atoms with van der Waals surface area (Å²) in [6.45, 7) is 6.20. The summed E-state index contributed by atoms with van der Waals surface area (Å²) in [4.78, 5) is 26.7. The number of carbonyl (C=O) groups is 2. The van der Waals surface area contributed by atoms with Crippen LogP contribution < -0.4 is 10.6 Å². The lowest BCUT2D eigenvalue weighted by atomic mass is 10.00. The molecule has 166 valence electrons. The van der Waals surface area contributed by atoms with E-state index in [4.69, 9.17) is 11.6 Å². The van der Waals surface area contributed by atoms with Gasteiger partial charge in [0, 0.05) is 41.8 Å². The Bertz CT molecular complexity index is 1130. The third kappa shape index (κ3) is 5.12. The predicted octanol–water partition coefficient (Wildman–Crippen LogP) is 1.84. The average molecular weight is 454 g/mol. The molecule has 1 aliphatic heterocycles. The van der Waals surface area contributed by atoms with Crippen LogP contribution >= 0.6 is 11.6 Å². The minimum Gasteiger partial charge on any atom is -0.354 e. The maximum atomic E-state index is 13.1. The van der Waals surface area contributed by atoms with Crippen LogP contribution in [0.15, 0.2) is 42.7 Å². The molecule has 0 bridgehead atoms. The normalized spacial score (nSPS) is 15.3. The third-order valence-corrected chi connectivity index (χ3v) is 5.57. The summed E-state index contributed by atoms with van der Waals surface area (Å²) < 4.78 is 1.50. The van der Waals surface area contributed by atoms with Gasteiger partial charge in [-0.15, -0.1) is 5.10 Å². The number of piperazine rings is 1. The van der Waals surface area contributed by atoms with Crippen molar-refractivity contribution in [1.82, 2.24) is 35.7 Å². The van der Waals surface area contributed by atoms with E-state index in [-0.39, 0.29) is 17.9 Å². The number of nitrogens with zero attached hydrogens (tertiary/aromatic N) is 5. The summed E-state index contributed by atoms with van der Waals surface area (Å²) in [5.41, 5.74) is 3.76. The summed E-state index contributed by atoms with van der Waals surface area (Å²) in [6.07, 6.45) is 1.47. The Morgan fingerprint density at radius 3 is 2.84 bits per heavy atom. The highest BCUT2D eigenvalue weighted by Gasteiger charge is 2.20. The van der Waals surface area contributed by atoms with Crippen LogP contribution in [-0.4, -0.2) is 69.1 Å². The highest BCUT2D eigenvalue weighted by Crippen LogP contribution is 2.31. The molecular formula is C22H24ClN7O2. The summed E-state index contributed by atoms with van der Waals surface area (Å²) in [6, 6.07) is 11.1. The number of amides is 2. The number of benzene rings is 2. The van der Waals surface area contributed by atoms with Gasteiger partial charge in [0.2, 0.25) is 5.91 Å². The fourth-order valence-corrected chi connectivity index (χ4v) is 4.10. The first-order valence-corrected chi connectivity index (χ1v) is 10.7. The first-order chi connectivity index (χ1) is 15.4. The molecule has 0 radical (unpaired) electrons. The Labute approximate surface area is 190 Å². The van der Waals surface area contributed by atoms with Gasteiger partial charge in [0.05, 0.1) is 12.2 Å². The summed E-state index contributed by atoms with van der Waals surface area (Å²) in [5.74, 6) is -0.220. The number of nitrogens with one attached hydrogen (secondary N) is 2. The average Bonchev–Trinajstić information content (AvgIpc) is 3.28. The molecule has 10 heteroatoms. The highest BCUT2D eigenvalue weighted by atomic mass is 35.5. The van der Waals surface area contributed by atoms with E-state index in [0.717, 1.165) is 23.2 Å². The van der Waals surface area contributed by atoms with Crippen molar-refractivity contribution in [2.24, 2.45) is 0 Å². The van der Waals surface area contributed by atoms with Gasteiger partial charge in [0.15, 0.2) is 0 Å². The minimum atomic E-state index is -0.224. The monoisotopic (exact) mass is 453 g/mol. The highest BCUT2D eigenvalue weighted by molar-refractivity contribution is 6.33. The van der Waals surface area contributed by atoms with E-state index >= 15 is 0 Å². The van der Waals surface area contributed by atoms with E-state index in [1.54, 1.807) is 12.1 Å². The van der Waals surface area contributed by atoms with E-state index in [1.807, 2.05) is 43.0 Å². The second-order valence-electron chi connectivity index (χ2n) is 7.97. The zero-order chi connectivity index (χ0) is 22.7. The van der Waals surface area contributed by atoms with Crippen molar-refractivity contribution in [1.29, 1.82) is 0 Å². The summed E-state index contributed by atoms with van der Waals surface area (Å²) in [5, 5.41) is 17.8. The topological polar surface area (TPSA) is 105 Å². The number of aromatic nitrogens is 4. The summed E-state index contributed by atoms with van der Waals surface area (Å²) in [7, 11) is 0. The van der Waals surface area contributed by atoms with Crippen LogP contribution in [0.5, 0.6) is 0 Å². The van der Waals surface area contributed by atoms with Gasteiger partial charge in [0.1, 0.15) is 6.33 Å². The molecule has 3 aromatic rings. The number of aryl methyl sites for hydroxylation is 1. The van der Waals surface area contributed by atoms with Gasteiger partial charge in [-0.05, 0) is 59.7 Å². The lowest BCUT2D eigenvalue weighted by Gasteiger charge is -2.29. The molecule has 0 saturated carbocycles. The van der Waals surface area contributed by atoms with Crippen LogP contribution in [-0.2, 0) is 4.79 Å². The summed E-state index contributed by atoms with van der Waals surface area (Å²) >= 11 is 6.49. The Hall–Kier alpha value is -3.30. The molecule has 0 aliphatic carbocycles. The van der Waals surface area contributed by atoms with Crippen molar-refractivity contribution < 1.29 is 9.59 Å². The first-order valence-electron chi connectivity index (χ1n) is 10.3. The molecule has 0 spiro atoms. The lowest BCUT2D eigenvalue weighted by Crippen LogP contribution is -2.51. The van der Waals surface area contributed by atoms with Gasteiger partial charge in [0.25, 0.3) is 5.91 Å². The number of carbonyl (C=O) groups excluding carboxylic acids is 2. The molecule has 2 N–H and O–H groups in total. The van der Waals surface area contributed by atoms with E-state index in [2.05, 4.69) is 26.2 Å². The fraction of sp³-hybridized carbons (Fsp3) is 0.318. The number of tetrazole rings is 1. The van der Waals surface area contributed by atoms with Gasteiger partial charge in [-0.3, -0.25) is 14.5 Å². The van der Waals surface area contributed by atoms with Crippen LogP contribution in [0, 0.1) is 6.92 Å². The molecule has 2 aromatic carbocycles. The molecule has 1 saturated heterocycles. The van der Waals surface area contributed by atoms with Crippen molar-refractivity contribution in [3.8, 4) is 16.8 Å². The van der Waals surface area contributed by atoms with Crippen molar-refractivity contribution in [2.75, 3.05) is 26.2 Å². The Kier molecular flexibility index (Phi) is 6.48. The number of rotatable bonds is 6. The molecule has 4 rings (SSSR count). The molecule has 9 nitrogen and oxygen atoms in total. The SMILES string of the molecule is Cc1ccc(-c2cc(C(=O)N[C@H](C)CN3CCNC(=O)C3)cc(-n3cnnn3)c2)c(Cl)c1. The van der Waals surface area contributed by atoms with Crippen LogP contribution in [0.4, 0.5) is 0 Å². The van der Waals surface area contributed by atoms with Crippen LogP contribution in [0.2, 0.25) is 5.02 Å². The van der Waals surface area contributed by atoms with Crippen molar-refractivity contribution in [3.05, 3.63) is 58.9 Å². The number of halogens is 1. The molecule has 1 atom stereocenters. The van der Waals surface area contributed by atoms with Gasteiger partial charge in [-0.2, -0.15) is 0 Å². The Morgan fingerprint density at radius 1 is 1.28 bits per heavy atom. The zero-order valence-corrected chi connectivity index (χ0v) is 18.6. The van der Waals surface area contributed by atoms with Gasteiger partial charge >= 0.3 is 0 Å². The first kappa shape index (κ1) is 21.9. The fourth-order valence-electron chi connectivity index (χ4n) is 3.75. The maximum Gasteiger partial charge on any atom is 0.251 e. The van der Waals surface area contributed by atoms with Crippen molar-refractivity contribution in [3.63, 3.8) is 0 Å². The van der Waals surface area contributed by atoms with Crippen molar-refractivity contribution in [2.45, 2.75) is 19.9 Å². The molecule has 1 aliphatic rings. The minimum absolute atomic E-state index is 0.00328. The number of hydrogen-bond donors (Lipinski definition) is 2. The molecular weight excluding hydrogens is 430 g/mol. The third-order valence-electron chi connectivity index (χ3n) is 5.26. The van der Waals surface area contributed by atoms with Gasteiger partial charge in [-0.25, -0.2) is 4.68 Å². The molecule has 1 aromatic heterocycles. The molecule has 32 heavy (non-hydrogen) atoms. The molecule has 0 unspecified atom stereocenters. The molecule has 2 heterocycles. The number of hydrogen-bond acceptors (Lipinski definition) is 6. The molecule has 1 fully saturated rings. The molecule has 2 amide bonds.